The maximum atomic E-state index is 12.2. The number of hydrogen-bond acceptors (Lipinski definition) is 4. The molecular formula is C18H34N2O3. The maximum absolute atomic E-state index is 12.2. The van der Waals surface area contributed by atoms with Crippen LogP contribution < -0.4 is 5.32 Å². The van der Waals surface area contributed by atoms with Crippen LogP contribution in [0.1, 0.15) is 65.7 Å². The number of aliphatic hydroxyl groups is 1. The van der Waals surface area contributed by atoms with Gasteiger partial charge in [-0.1, -0.05) is 6.42 Å². The number of piperidine rings is 2. The molecule has 5 heteroatoms. The Balaban J connectivity index is 1.72. The second kappa shape index (κ2) is 7.84. The molecule has 0 aromatic rings. The van der Waals surface area contributed by atoms with Crippen LogP contribution in [-0.2, 0) is 4.74 Å². The van der Waals surface area contributed by atoms with Crippen molar-refractivity contribution < 1.29 is 14.6 Å². The van der Waals surface area contributed by atoms with Crippen molar-refractivity contribution in [2.45, 2.75) is 76.9 Å². The maximum Gasteiger partial charge on any atom is 0.410 e. The zero-order valence-corrected chi connectivity index (χ0v) is 15.1. The fraction of sp³-hybridized carbons (Fsp3) is 0.944. The molecule has 134 valence electrons. The standard InChI is InChI=1S/C18H34N2O3/c1-17(2,3)23-16(21)20-13-5-7-15(14-20)6-4-8-18(22)9-11-19-12-10-18/h15,19,22H,4-14H2,1-3H3. The van der Waals surface area contributed by atoms with Crippen LogP contribution in [0.25, 0.3) is 0 Å². The summed E-state index contributed by atoms with van der Waals surface area (Å²) in [6.07, 6.45) is 6.80. The van der Waals surface area contributed by atoms with Gasteiger partial charge in [-0.15, -0.1) is 0 Å². The van der Waals surface area contributed by atoms with Crippen molar-refractivity contribution in [1.29, 1.82) is 0 Å². The van der Waals surface area contributed by atoms with Gasteiger partial charge in [0.05, 0.1) is 5.60 Å². The summed E-state index contributed by atoms with van der Waals surface area (Å²) >= 11 is 0. The predicted octanol–water partition coefficient (Wildman–Crippen LogP) is 2.92. The highest BCUT2D eigenvalue weighted by Crippen LogP contribution is 2.28. The molecule has 0 aromatic heterocycles. The zero-order chi connectivity index (χ0) is 16.9. The summed E-state index contributed by atoms with van der Waals surface area (Å²) in [5, 5.41) is 13.8. The van der Waals surface area contributed by atoms with Crippen LogP contribution in [0.5, 0.6) is 0 Å². The van der Waals surface area contributed by atoms with Crippen LogP contribution in [-0.4, -0.2) is 53.5 Å². The molecule has 2 heterocycles. The minimum absolute atomic E-state index is 0.181. The molecule has 2 saturated heterocycles. The van der Waals surface area contributed by atoms with E-state index in [-0.39, 0.29) is 6.09 Å². The average Bonchev–Trinajstić information content (AvgIpc) is 2.46. The molecule has 1 atom stereocenters. The molecular weight excluding hydrogens is 292 g/mol. The van der Waals surface area contributed by atoms with E-state index in [1.165, 1.54) is 6.42 Å². The van der Waals surface area contributed by atoms with E-state index in [0.29, 0.717) is 5.92 Å². The molecule has 0 radical (unpaired) electrons. The van der Waals surface area contributed by atoms with Gasteiger partial charge in [-0.05, 0) is 78.3 Å². The minimum Gasteiger partial charge on any atom is -0.444 e. The Morgan fingerprint density at radius 2 is 2.04 bits per heavy atom. The van der Waals surface area contributed by atoms with E-state index >= 15 is 0 Å². The quantitative estimate of drug-likeness (QED) is 0.834. The van der Waals surface area contributed by atoms with Gasteiger partial charge in [-0.3, -0.25) is 0 Å². The van der Waals surface area contributed by atoms with Crippen LogP contribution in [0.3, 0.4) is 0 Å². The Bertz CT molecular complexity index is 386. The molecule has 2 rings (SSSR count). The first-order valence-electron chi connectivity index (χ1n) is 9.18. The topological polar surface area (TPSA) is 61.8 Å². The van der Waals surface area contributed by atoms with Crippen LogP contribution in [0.2, 0.25) is 0 Å². The van der Waals surface area contributed by atoms with Crippen molar-refractivity contribution in [3.05, 3.63) is 0 Å². The third-order valence-electron chi connectivity index (χ3n) is 4.96. The highest BCUT2D eigenvalue weighted by atomic mass is 16.6. The number of ether oxygens (including phenoxy) is 1. The van der Waals surface area contributed by atoms with Crippen molar-refractivity contribution in [3.63, 3.8) is 0 Å². The number of carbonyl (C=O) groups excluding carboxylic acids is 1. The molecule has 2 aliphatic heterocycles. The first kappa shape index (κ1) is 18.5. The summed E-state index contributed by atoms with van der Waals surface area (Å²) in [6.45, 7) is 9.18. The summed E-state index contributed by atoms with van der Waals surface area (Å²) in [5.74, 6) is 0.543. The summed E-state index contributed by atoms with van der Waals surface area (Å²) in [4.78, 5) is 14.0. The SMILES string of the molecule is CC(C)(C)OC(=O)N1CCCC(CCCC2(O)CCNCC2)C1. The number of amides is 1. The van der Waals surface area contributed by atoms with Crippen molar-refractivity contribution >= 4 is 6.09 Å². The number of carbonyl (C=O) groups is 1. The Morgan fingerprint density at radius 3 is 2.70 bits per heavy atom. The van der Waals surface area contributed by atoms with Crippen LogP contribution >= 0.6 is 0 Å². The lowest BCUT2D eigenvalue weighted by atomic mass is 9.84. The average molecular weight is 326 g/mol. The molecule has 5 nitrogen and oxygen atoms in total. The zero-order valence-electron chi connectivity index (χ0n) is 15.1. The van der Waals surface area contributed by atoms with Gasteiger partial charge in [-0.25, -0.2) is 4.79 Å². The van der Waals surface area contributed by atoms with Crippen molar-refractivity contribution in [1.82, 2.24) is 10.2 Å². The van der Waals surface area contributed by atoms with Gasteiger partial charge in [0.25, 0.3) is 0 Å². The fourth-order valence-electron chi connectivity index (χ4n) is 3.65. The molecule has 0 aromatic carbocycles. The molecule has 23 heavy (non-hydrogen) atoms. The molecule has 0 saturated carbocycles. The monoisotopic (exact) mass is 326 g/mol. The fourth-order valence-corrected chi connectivity index (χ4v) is 3.65. The van der Waals surface area contributed by atoms with E-state index in [1.807, 2.05) is 25.7 Å². The third kappa shape index (κ3) is 6.30. The van der Waals surface area contributed by atoms with E-state index in [0.717, 1.165) is 64.7 Å². The minimum atomic E-state index is -0.467. The van der Waals surface area contributed by atoms with Crippen LogP contribution in [0, 0.1) is 5.92 Å². The van der Waals surface area contributed by atoms with Gasteiger partial charge in [0.2, 0.25) is 0 Å². The summed E-state index contributed by atoms with van der Waals surface area (Å²) in [6, 6.07) is 0. The second-order valence-corrected chi connectivity index (χ2v) is 8.30. The number of hydrogen-bond donors (Lipinski definition) is 2. The first-order chi connectivity index (χ1) is 10.8. The smallest absolute Gasteiger partial charge is 0.410 e. The summed E-state index contributed by atoms with van der Waals surface area (Å²) < 4.78 is 5.48. The van der Waals surface area contributed by atoms with Gasteiger partial charge in [0.15, 0.2) is 0 Å². The van der Waals surface area contributed by atoms with E-state index in [9.17, 15) is 9.90 Å². The molecule has 2 aliphatic rings. The Labute approximate surface area is 140 Å². The van der Waals surface area contributed by atoms with Crippen molar-refractivity contribution in [2.24, 2.45) is 5.92 Å². The molecule has 0 aliphatic carbocycles. The molecule has 2 N–H and O–H groups in total. The van der Waals surface area contributed by atoms with Crippen LogP contribution in [0.15, 0.2) is 0 Å². The van der Waals surface area contributed by atoms with E-state index in [4.69, 9.17) is 4.74 Å². The molecule has 0 spiro atoms. The number of nitrogens with one attached hydrogen (secondary N) is 1. The Kier molecular flexibility index (Phi) is 6.32. The number of likely N-dealkylation sites (tertiary alicyclic amines) is 1. The van der Waals surface area contributed by atoms with E-state index in [2.05, 4.69) is 5.32 Å². The lowest BCUT2D eigenvalue weighted by Gasteiger charge is -2.35. The van der Waals surface area contributed by atoms with Crippen molar-refractivity contribution in [3.8, 4) is 0 Å². The lowest BCUT2D eigenvalue weighted by molar-refractivity contribution is -0.00298. The third-order valence-corrected chi connectivity index (χ3v) is 4.96. The number of rotatable bonds is 4. The lowest BCUT2D eigenvalue weighted by Crippen LogP contribution is -2.43. The second-order valence-electron chi connectivity index (χ2n) is 8.30. The highest BCUT2D eigenvalue weighted by molar-refractivity contribution is 5.68. The molecule has 1 unspecified atom stereocenters. The normalized spacial score (nSPS) is 25.2. The van der Waals surface area contributed by atoms with Gasteiger partial charge >= 0.3 is 6.09 Å². The van der Waals surface area contributed by atoms with Crippen molar-refractivity contribution in [2.75, 3.05) is 26.2 Å². The highest BCUT2D eigenvalue weighted by Gasteiger charge is 2.30. The molecule has 1 amide bonds. The van der Waals surface area contributed by atoms with Gasteiger partial charge < -0.3 is 20.1 Å². The summed E-state index contributed by atoms with van der Waals surface area (Å²) in [5.41, 5.74) is -0.896. The van der Waals surface area contributed by atoms with E-state index < -0.39 is 11.2 Å². The molecule has 2 fully saturated rings. The predicted molar refractivity (Wildman–Crippen MR) is 91.4 cm³/mol. The van der Waals surface area contributed by atoms with Gasteiger partial charge in [0, 0.05) is 13.1 Å². The van der Waals surface area contributed by atoms with Crippen LogP contribution in [0.4, 0.5) is 4.79 Å². The first-order valence-corrected chi connectivity index (χ1v) is 9.18. The Morgan fingerprint density at radius 1 is 1.35 bits per heavy atom. The van der Waals surface area contributed by atoms with Gasteiger partial charge in [0.1, 0.15) is 5.60 Å². The molecule has 0 bridgehead atoms. The largest absolute Gasteiger partial charge is 0.444 e. The number of nitrogens with zero attached hydrogens (tertiary/aromatic N) is 1. The van der Waals surface area contributed by atoms with Gasteiger partial charge in [-0.2, -0.15) is 0 Å². The Hall–Kier alpha value is -0.810. The summed E-state index contributed by atoms with van der Waals surface area (Å²) in [7, 11) is 0. The van der Waals surface area contributed by atoms with E-state index in [1.54, 1.807) is 0 Å².